The highest BCUT2D eigenvalue weighted by molar-refractivity contribution is 5.92. The van der Waals surface area contributed by atoms with Gasteiger partial charge in [-0.15, -0.1) is 0 Å². The van der Waals surface area contributed by atoms with Gasteiger partial charge in [-0.1, -0.05) is 0 Å². The monoisotopic (exact) mass is 283 g/mol. The molecule has 0 aliphatic heterocycles. The number of aromatic nitrogens is 4. The van der Waals surface area contributed by atoms with E-state index in [1.54, 1.807) is 29.0 Å². The van der Waals surface area contributed by atoms with Gasteiger partial charge >= 0.3 is 0 Å². The van der Waals surface area contributed by atoms with E-state index >= 15 is 0 Å². The van der Waals surface area contributed by atoms with Crippen LogP contribution in [0.15, 0.2) is 43.0 Å². The molecular weight excluding hydrogens is 266 g/mol. The van der Waals surface area contributed by atoms with Crippen molar-refractivity contribution in [1.82, 2.24) is 24.1 Å². The molecule has 0 unspecified atom stereocenters. The minimum atomic E-state index is -0.0801. The molecule has 0 fully saturated rings. The number of hydrogen-bond donors (Lipinski definition) is 0. The predicted molar refractivity (Wildman–Crippen MR) is 79.1 cm³/mol. The van der Waals surface area contributed by atoms with Crippen LogP contribution in [-0.4, -0.2) is 43.6 Å². The second-order valence-corrected chi connectivity index (χ2v) is 5.09. The van der Waals surface area contributed by atoms with Crippen molar-refractivity contribution < 1.29 is 4.79 Å². The lowest BCUT2D eigenvalue weighted by atomic mass is 10.3. The molecule has 0 N–H and O–H groups in total. The molecule has 1 amide bonds. The number of fused-ring (bicyclic) bond motifs is 1. The lowest BCUT2D eigenvalue weighted by Crippen LogP contribution is -2.30. The van der Waals surface area contributed by atoms with Crippen LogP contribution in [0, 0.1) is 6.92 Å². The van der Waals surface area contributed by atoms with Gasteiger partial charge in [0.1, 0.15) is 11.3 Å². The van der Waals surface area contributed by atoms with E-state index < -0.39 is 0 Å². The standard InChI is InChI=1S/C15H17N5O/c1-12-4-7-19-11-13(17-14(19)10-12)15(21)18(2)8-9-20-6-3-5-16-20/h3-7,10-11H,8-9H2,1-2H3. The number of carbonyl (C=O) groups is 1. The second-order valence-electron chi connectivity index (χ2n) is 5.09. The van der Waals surface area contributed by atoms with Gasteiger partial charge in [-0.25, -0.2) is 4.98 Å². The van der Waals surface area contributed by atoms with Gasteiger partial charge < -0.3 is 9.30 Å². The third-order valence-corrected chi connectivity index (χ3v) is 3.41. The molecule has 6 heteroatoms. The molecule has 0 radical (unpaired) electrons. The first-order valence-corrected chi connectivity index (χ1v) is 6.82. The minimum absolute atomic E-state index is 0.0801. The third-order valence-electron chi connectivity index (χ3n) is 3.41. The highest BCUT2D eigenvalue weighted by Crippen LogP contribution is 2.09. The summed E-state index contributed by atoms with van der Waals surface area (Å²) in [5.41, 5.74) is 2.38. The number of carbonyl (C=O) groups excluding carboxylic acids is 1. The van der Waals surface area contributed by atoms with Gasteiger partial charge in [0, 0.05) is 38.4 Å². The predicted octanol–water partition coefficient (Wildman–Crippen LogP) is 1.61. The van der Waals surface area contributed by atoms with Crippen molar-refractivity contribution in [2.75, 3.05) is 13.6 Å². The average Bonchev–Trinajstić information content (AvgIpc) is 3.12. The molecule has 6 nitrogen and oxygen atoms in total. The number of amides is 1. The highest BCUT2D eigenvalue weighted by Gasteiger charge is 2.15. The fourth-order valence-electron chi connectivity index (χ4n) is 2.17. The van der Waals surface area contributed by atoms with Crippen molar-refractivity contribution in [2.45, 2.75) is 13.5 Å². The number of likely N-dealkylation sites (N-methyl/N-ethyl adjacent to an activating group) is 1. The van der Waals surface area contributed by atoms with Gasteiger partial charge in [0.25, 0.3) is 5.91 Å². The van der Waals surface area contributed by atoms with Crippen LogP contribution in [0.5, 0.6) is 0 Å². The van der Waals surface area contributed by atoms with E-state index in [1.165, 1.54) is 0 Å². The van der Waals surface area contributed by atoms with E-state index in [0.29, 0.717) is 18.8 Å². The van der Waals surface area contributed by atoms with Crippen LogP contribution in [0.3, 0.4) is 0 Å². The Morgan fingerprint density at radius 1 is 1.38 bits per heavy atom. The zero-order valence-corrected chi connectivity index (χ0v) is 12.1. The summed E-state index contributed by atoms with van der Waals surface area (Å²) in [7, 11) is 1.78. The molecule has 0 aliphatic carbocycles. The quantitative estimate of drug-likeness (QED) is 0.731. The Balaban J connectivity index is 1.73. The molecule has 3 aromatic heterocycles. The number of pyridine rings is 1. The Labute approximate surface area is 122 Å². The molecule has 0 atom stereocenters. The number of rotatable bonds is 4. The Kier molecular flexibility index (Phi) is 3.43. The molecule has 0 aromatic carbocycles. The normalized spacial score (nSPS) is 11.0. The molecule has 0 bridgehead atoms. The summed E-state index contributed by atoms with van der Waals surface area (Å²) >= 11 is 0. The van der Waals surface area contributed by atoms with E-state index in [-0.39, 0.29) is 5.91 Å². The molecule has 0 aliphatic rings. The molecule has 0 saturated heterocycles. The zero-order chi connectivity index (χ0) is 14.8. The van der Waals surface area contributed by atoms with Gasteiger partial charge in [0.2, 0.25) is 0 Å². The first-order valence-electron chi connectivity index (χ1n) is 6.82. The molecule has 3 rings (SSSR count). The zero-order valence-electron chi connectivity index (χ0n) is 12.1. The van der Waals surface area contributed by atoms with Crippen molar-refractivity contribution in [3.8, 4) is 0 Å². The second kappa shape index (κ2) is 5.40. The fourth-order valence-corrected chi connectivity index (χ4v) is 2.17. The van der Waals surface area contributed by atoms with E-state index in [1.807, 2.05) is 41.9 Å². The van der Waals surface area contributed by atoms with Gasteiger partial charge in [0.15, 0.2) is 0 Å². The van der Waals surface area contributed by atoms with Crippen molar-refractivity contribution in [1.29, 1.82) is 0 Å². The van der Waals surface area contributed by atoms with E-state index in [0.717, 1.165) is 11.2 Å². The van der Waals surface area contributed by atoms with Crippen LogP contribution in [0.25, 0.3) is 5.65 Å². The molecule has 0 spiro atoms. The van der Waals surface area contributed by atoms with Crippen molar-refractivity contribution in [3.63, 3.8) is 0 Å². The molecule has 3 heterocycles. The number of nitrogens with zero attached hydrogens (tertiary/aromatic N) is 5. The van der Waals surface area contributed by atoms with Crippen LogP contribution >= 0.6 is 0 Å². The van der Waals surface area contributed by atoms with Gasteiger partial charge in [0.05, 0.1) is 6.54 Å². The average molecular weight is 283 g/mol. The molecule has 3 aromatic rings. The Bertz CT molecular complexity index is 760. The van der Waals surface area contributed by atoms with Crippen LogP contribution < -0.4 is 0 Å². The molecule has 0 saturated carbocycles. The van der Waals surface area contributed by atoms with Crippen molar-refractivity contribution in [3.05, 3.63) is 54.2 Å². The van der Waals surface area contributed by atoms with Crippen molar-refractivity contribution >= 4 is 11.6 Å². The van der Waals surface area contributed by atoms with Gasteiger partial charge in [-0.3, -0.25) is 9.48 Å². The lowest BCUT2D eigenvalue weighted by Gasteiger charge is -2.15. The first-order chi connectivity index (χ1) is 10.1. The molecule has 21 heavy (non-hydrogen) atoms. The summed E-state index contributed by atoms with van der Waals surface area (Å²) in [6.45, 7) is 3.27. The summed E-state index contributed by atoms with van der Waals surface area (Å²) < 4.78 is 3.67. The largest absolute Gasteiger partial charge is 0.338 e. The van der Waals surface area contributed by atoms with Gasteiger partial charge in [-0.2, -0.15) is 5.10 Å². The molecular formula is C15H17N5O. The van der Waals surface area contributed by atoms with Crippen LogP contribution in [0.2, 0.25) is 0 Å². The Morgan fingerprint density at radius 3 is 3.00 bits per heavy atom. The first kappa shape index (κ1) is 13.4. The maximum Gasteiger partial charge on any atom is 0.273 e. The minimum Gasteiger partial charge on any atom is -0.338 e. The van der Waals surface area contributed by atoms with Gasteiger partial charge in [-0.05, 0) is 30.7 Å². The SMILES string of the molecule is Cc1ccn2cc(C(=O)N(C)CCn3cccn3)nc2c1. The third kappa shape index (κ3) is 2.79. The van der Waals surface area contributed by atoms with Crippen LogP contribution in [0.1, 0.15) is 16.1 Å². The molecule has 108 valence electrons. The van der Waals surface area contributed by atoms with E-state index in [4.69, 9.17) is 0 Å². The summed E-state index contributed by atoms with van der Waals surface area (Å²) in [4.78, 5) is 18.4. The topological polar surface area (TPSA) is 55.4 Å². The fraction of sp³-hybridized carbons (Fsp3) is 0.267. The highest BCUT2D eigenvalue weighted by atomic mass is 16.2. The van der Waals surface area contributed by atoms with Crippen molar-refractivity contribution in [2.24, 2.45) is 0 Å². The summed E-state index contributed by atoms with van der Waals surface area (Å²) in [5.74, 6) is -0.0801. The van der Waals surface area contributed by atoms with Crippen LogP contribution in [-0.2, 0) is 6.54 Å². The lowest BCUT2D eigenvalue weighted by molar-refractivity contribution is 0.0784. The number of hydrogen-bond acceptors (Lipinski definition) is 3. The van der Waals surface area contributed by atoms with E-state index in [9.17, 15) is 4.79 Å². The smallest absolute Gasteiger partial charge is 0.273 e. The number of aryl methyl sites for hydroxylation is 1. The Morgan fingerprint density at radius 2 is 2.24 bits per heavy atom. The maximum absolute atomic E-state index is 12.4. The summed E-state index contributed by atoms with van der Waals surface area (Å²) in [5, 5.41) is 4.12. The maximum atomic E-state index is 12.4. The summed E-state index contributed by atoms with van der Waals surface area (Å²) in [6.07, 6.45) is 7.29. The summed E-state index contributed by atoms with van der Waals surface area (Å²) in [6, 6.07) is 5.82. The Hall–Kier alpha value is -2.63. The number of imidazole rings is 1. The van der Waals surface area contributed by atoms with Crippen LogP contribution in [0.4, 0.5) is 0 Å². The van der Waals surface area contributed by atoms with E-state index in [2.05, 4.69) is 10.1 Å².